The maximum Gasteiger partial charge on any atom is 0.225 e. The lowest BCUT2D eigenvalue weighted by Crippen LogP contribution is -2.40. The summed E-state index contributed by atoms with van der Waals surface area (Å²) in [6.07, 6.45) is 8.10. The summed E-state index contributed by atoms with van der Waals surface area (Å²) < 4.78 is 4.11. The monoisotopic (exact) mass is 356 g/mol. The van der Waals surface area contributed by atoms with Gasteiger partial charge in [0.25, 0.3) is 0 Å². The number of aryl methyl sites for hydroxylation is 3. The minimum atomic E-state index is 0.0676. The lowest BCUT2D eigenvalue weighted by atomic mass is 10.0. The van der Waals surface area contributed by atoms with Crippen LogP contribution < -0.4 is 0 Å². The van der Waals surface area contributed by atoms with Crippen LogP contribution in [-0.4, -0.2) is 41.9 Å². The first-order valence-corrected chi connectivity index (χ1v) is 9.80. The molecule has 1 aliphatic heterocycles. The molecule has 3 heterocycles. The van der Waals surface area contributed by atoms with Gasteiger partial charge in [0.2, 0.25) is 5.91 Å². The van der Waals surface area contributed by atoms with Crippen LogP contribution >= 0.6 is 0 Å². The highest BCUT2D eigenvalue weighted by molar-refractivity contribution is 5.76. The van der Waals surface area contributed by atoms with E-state index < -0.39 is 0 Å². The largest absolute Gasteiger partial charge is 0.332 e. The molecule has 1 atom stereocenters. The van der Waals surface area contributed by atoms with E-state index in [1.54, 1.807) is 0 Å². The Kier molecular flexibility index (Phi) is 4.78. The van der Waals surface area contributed by atoms with Crippen LogP contribution in [0.15, 0.2) is 12.4 Å². The molecule has 7 heteroatoms. The number of likely N-dealkylation sites (tertiary alicyclic amines) is 1. The highest BCUT2D eigenvalue weighted by atomic mass is 16.2. The van der Waals surface area contributed by atoms with Crippen molar-refractivity contribution in [2.45, 2.75) is 71.5 Å². The molecule has 1 amide bonds. The van der Waals surface area contributed by atoms with Crippen LogP contribution in [0.3, 0.4) is 0 Å². The van der Waals surface area contributed by atoms with Crippen LogP contribution in [0, 0.1) is 19.8 Å². The molecule has 4 rings (SSSR count). The number of piperidine rings is 1. The Hall–Kier alpha value is -2.18. The minimum absolute atomic E-state index is 0.0676. The molecule has 0 bridgehead atoms. The van der Waals surface area contributed by atoms with E-state index in [1.165, 1.54) is 12.8 Å². The molecule has 1 aliphatic carbocycles. The number of nitrogens with zero attached hydrogens (tertiary/aromatic N) is 6. The van der Waals surface area contributed by atoms with Gasteiger partial charge in [0.15, 0.2) is 5.82 Å². The standard InChI is InChI=1S/C19H28N6O/c1-14-11-15(2)25(22-14)10-8-18(26)24-9-4-3-5-17(24)19-21-20-13-23(19)12-16-6-7-16/h11,13,16-17H,3-10,12H2,1-2H3/t17-/m0/s1. The number of rotatable bonds is 6. The molecule has 0 spiro atoms. The number of carbonyl (C=O) groups is 1. The van der Waals surface area contributed by atoms with Crippen molar-refractivity contribution in [1.82, 2.24) is 29.4 Å². The molecule has 26 heavy (non-hydrogen) atoms. The van der Waals surface area contributed by atoms with Crippen molar-refractivity contribution in [3.8, 4) is 0 Å². The minimum Gasteiger partial charge on any atom is -0.332 e. The van der Waals surface area contributed by atoms with Gasteiger partial charge in [0.1, 0.15) is 6.33 Å². The van der Waals surface area contributed by atoms with Crippen LogP contribution in [-0.2, 0) is 17.9 Å². The summed E-state index contributed by atoms with van der Waals surface area (Å²) in [5.41, 5.74) is 2.11. The average Bonchev–Trinajstić information content (AvgIpc) is 3.22. The van der Waals surface area contributed by atoms with Gasteiger partial charge in [-0.2, -0.15) is 5.10 Å². The Morgan fingerprint density at radius 2 is 2.08 bits per heavy atom. The second-order valence-corrected chi connectivity index (χ2v) is 7.78. The number of hydrogen-bond acceptors (Lipinski definition) is 4. The van der Waals surface area contributed by atoms with Gasteiger partial charge in [0.05, 0.1) is 11.7 Å². The zero-order valence-corrected chi connectivity index (χ0v) is 15.8. The van der Waals surface area contributed by atoms with Crippen molar-refractivity contribution >= 4 is 5.91 Å². The Morgan fingerprint density at radius 3 is 2.81 bits per heavy atom. The van der Waals surface area contributed by atoms with Gasteiger partial charge in [-0.05, 0) is 57.9 Å². The van der Waals surface area contributed by atoms with E-state index in [9.17, 15) is 4.79 Å². The molecular formula is C19H28N6O. The summed E-state index contributed by atoms with van der Waals surface area (Å²) in [5, 5.41) is 13.0. The van der Waals surface area contributed by atoms with Crippen LogP contribution in [0.1, 0.15) is 61.8 Å². The van der Waals surface area contributed by atoms with Crippen molar-refractivity contribution < 1.29 is 4.79 Å². The average molecular weight is 356 g/mol. The third kappa shape index (κ3) is 3.66. The molecule has 1 saturated carbocycles. The number of hydrogen-bond donors (Lipinski definition) is 0. The molecule has 2 aromatic rings. The maximum atomic E-state index is 13.0. The molecule has 0 unspecified atom stereocenters. The first-order chi connectivity index (χ1) is 12.6. The van der Waals surface area contributed by atoms with E-state index in [1.807, 2.05) is 29.8 Å². The summed E-state index contributed by atoms with van der Waals surface area (Å²) in [6, 6.07) is 2.12. The predicted molar refractivity (Wildman–Crippen MR) is 97.4 cm³/mol. The third-order valence-electron chi connectivity index (χ3n) is 5.56. The Balaban J connectivity index is 1.45. The zero-order chi connectivity index (χ0) is 18.1. The molecule has 140 valence electrons. The SMILES string of the molecule is Cc1cc(C)n(CCC(=O)N2CCCC[C@H]2c2nncn2CC2CC2)n1. The Labute approximate surface area is 154 Å². The van der Waals surface area contributed by atoms with Crippen molar-refractivity contribution in [2.75, 3.05) is 6.54 Å². The molecule has 2 fully saturated rings. The number of aromatic nitrogens is 5. The van der Waals surface area contributed by atoms with Gasteiger partial charge in [-0.15, -0.1) is 10.2 Å². The number of carbonyl (C=O) groups excluding carboxylic acids is 1. The summed E-state index contributed by atoms with van der Waals surface area (Å²) in [4.78, 5) is 15.0. The van der Waals surface area contributed by atoms with E-state index >= 15 is 0 Å². The fourth-order valence-electron chi connectivity index (χ4n) is 3.99. The van der Waals surface area contributed by atoms with Crippen molar-refractivity contribution in [3.05, 3.63) is 29.6 Å². The van der Waals surface area contributed by atoms with Gasteiger partial charge < -0.3 is 9.47 Å². The molecule has 0 aromatic carbocycles. The topological polar surface area (TPSA) is 68.8 Å². The molecule has 1 saturated heterocycles. The van der Waals surface area contributed by atoms with Crippen molar-refractivity contribution in [3.63, 3.8) is 0 Å². The summed E-state index contributed by atoms with van der Waals surface area (Å²) in [5.74, 6) is 1.93. The smallest absolute Gasteiger partial charge is 0.225 e. The van der Waals surface area contributed by atoms with Crippen molar-refractivity contribution in [1.29, 1.82) is 0 Å². The van der Waals surface area contributed by atoms with Gasteiger partial charge in [0, 0.05) is 31.7 Å². The van der Waals surface area contributed by atoms with E-state index in [-0.39, 0.29) is 11.9 Å². The summed E-state index contributed by atoms with van der Waals surface area (Å²) >= 11 is 0. The van der Waals surface area contributed by atoms with Gasteiger partial charge in [-0.25, -0.2) is 0 Å². The fourth-order valence-corrected chi connectivity index (χ4v) is 3.99. The second-order valence-electron chi connectivity index (χ2n) is 7.78. The van der Waals surface area contributed by atoms with Gasteiger partial charge in [-0.1, -0.05) is 0 Å². The quantitative estimate of drug-likeness (QED) is 0.798. The molecular weight excluding hydrogens is 328 g/mol. The Bertz CT molecular complexity index is 775. The van der Waals surface area contributed by atoms with E-state index in [2.05, 4.69) is 25.9 Å². The van der Waals surface area contributed by atoms with Gasteiger partial charge >= 0.3 is 0 Å². The van der Waals surface area contributed by atoms with Crippen molar-refractivity contribution in [2.24, 2.45) is 5.92 Å². The zero-order valence-electron chi connectivity index (χ0n) is 15.8. The lowest BCUT2D eigenvalue weighted by Gasteiger charge is -2.35. The Morgan fingerprint density at radius 1 is 1.23 bits per heavy atom. The third-order valence-corrected chi connectivity index (χ3v) is 5.56. The normalized spacial score (nSPS) is 20.5. The first-order valence-electron chi connectivity index (χ1n) is 9.80. The van der Waals surface area contributed by atoms with Crippen LogP contribution in [0.25, 0.3) is 0 Å². The number of amides is 1. The van der Waals surface area contributed by atoms with Gasteiger partial charge in [-0.3, -0.25) is 9.48 Å². The van der Waals surface area contributed by atoms with E-state index in [0.717, 1.165) is 55.5 Å². The summed E-state index contributed by atoms with van der Waals surface area (Å²) in [6.45, 7) is 6.47. The lowest BCUT2D eigenvalue weighted by molar-refractivity contribution is -0.135. The first kappa shape index (κ1) is 17.2. The highest BCUT2D eigenvalue weighted by Crippen LogP contribution is 2.34. The summed E-state index contributed by atoms with van der Waals surface area (Å²) in [7, 11) is 0. The molecule has 2 aromatic heterocycles. The van der Waals surface area contributed by atoms with Crippen LogP contribution in [0.4, 0.5) is 0 Å². The predicted octanol–water partition coefficient (Wildman–Crippen LogP) is 2.65. The fraction of sp³-hybridized carbons (Fsp3) is 0.684. The maximum absolute atomic E-state index is 13.0. The van der Waals surface area contributed by atoms with Crippen LogP contribution in [0.5, 0.6) is 0 Å². The molecule has 0 N–H and O–H groups in total. The molecule has 7 nitrogen and oxygen atoms in total. The van der Waals surface area contributed by atoms with Crippen LogP contribution in [0.2, 0.25) is 0 Å². The van der Waals surface area contributed by atoms with E-state index in [0.29, 0.717) is 13.0 Å². The van der Waals surface area contributed by atoms with E-state index in [4.69, 9.17) is 0 Å². The second kappa shape index (κ2) is 7.21. The molecule has 0 radical (unpaired) electrons. The highest BCUT2D eigenvalue weighted by Gasteiger charge is 2.32. The molecule has 2 aliphatic rings.